The van der Waals surface area contributed by atoms with E-state index in [0.29, 0.717) is 5.56 Å². The van der Waals surface area contributed by atoms with Gasteiger partial charge in [0.05, 0.1) is 0 Å². The molecule has 4 nitrogen and oxygen atoms in total. The summed E-state index contributed by atoms with van der Waals surface area (Å²) in [7, 11) is 0. The lowest BCUT2D eigenvalue weighted by molar-refractivity contribution is -0.274. The molecule has 1 unspecified atom stereocenters. The summed E-state index contributed by atoms with van der Waals surface area (Å²) < 4.78 is 40.2. The molecule has 0 fully saturated rings. The van der Waals surface area contributed by atoms with Crippen molar-refractivity contribution in [2.45, 2.75) is 52.1 Å². The van der Waals surface area contributed by atoms with E-state index >= 15 is 0 Å². The number of ether oxygens (including phenoxy) is 1. The zero-order valence-electron chi connectivity index (χ0n) is 12.7. The van der Waals surface area contributed by atoms with E-state index in [1.807, 2.05) is 6.92 Å². The van der Waals surface area contributed by atoms with Crippen LogP contribution in [0.4, 0.5) is 18.0 Å². The number of hydrogen-bond donors (Lipinski definition) is 2. The second kappa shape index (κ2) is 8.51. The van der Waals surface area contributed by atoms with Gasteiger partial charge in [-0.2, -0.15) is 0 Å². The third-order valence-corrected chi connectivity index (χ3v) is 2.95. The second-order valence-electron chi connectivity index (χ2n) is 5.07. The molecule has 0 heterocycles. The highest BCUT2D eigenvalue weighted by Gasteiger charge is 2.31. The number of rotatable bonds is 7. The first kappa shape index (κ1) is 18.1. The van der Waals surface area contributed by atoms with Gasteiger partial charge < -0.3 is 15.4 Å². The van der Waals surface area contributed by atoms with Crippen LogP contribution in [-0.4, -0.2) is 18.4 Å². The van der Waals surface area contributed by atoms with Gasteiger partial charge in [-0.1, -0.05) is 31.9 Å². The molecule has 0 aliphatic carbocycles. The molecule has 1 rings (SSSR count). The molecular weight excluding hydrogens is 297 g/mol. The van der Waals surface area contributed by atoms with Crippen molar-refractivity contribution in [2.24, 2.45) is 0 Å². The first-order valence-corrected chi connectivity index (χ1v) is 7.19. The van der Waals surface area contributed by atoms with Gasteiger partial charge in [0.2, 0.25) is 0 Å². The smallest absolute Gasteiger partial charge is 0.406 e. The van der Waals surface area contributed by atoms with Crippen molar-refractivity contribution in [3.05, 3.63) is 29.8 Å². The second-order valence-corrected chi connectivity index (χ2v) is 5.07. The van der Waals surface area contributed by atoms with Crippen LogP contribution in [0, 0.1) is 0 Å². The fourth-order valence-electron chi connectivity index (χ4n) is 1.89. The Morgan fingerprint density at radius 1 is 1.36 bits per heavy atom. The fourth-order valence-corrected chi connectivity index (χ4v) is 1.89. The zero-order valence-corrected chi connectivity index (χ0v) is 12.7. The van der Waals surface area contributed by atoms with Crippen LogP contribution >= 0.6 is 0 Å². The number of halogens is 3. The molecule has 0 saturated heterocycles. The van der Waals surface area contributed by atoms with E-state index < -0.39 is 6.36 Å². The third kappa shape index (κ3) is 7.75. The number of urea groups is 1. The molecule has 0 radical (unpaired) electrons. The molecule has 1 atom stereocenters. The van der Waals surface area contributed by atoms with Crippen LogP contribution in [0.5, 0.6) is 5.75 Å². The number of unbranched alkanes of at least 4 members (excludes halogenated alkanes) is 1. The van der Waals surface area contributed by atoms with Crippen LogP contribution in [0.25, 0.3) is 0 Å². The van der Waals surface area contributed by atoms with E-state index in [1.54, 1.807) is 6.07 Å². The van der Waals surface area contributed by atoms with Gasteiger partial charge in [-0.15, -0.1) is 13.2 Å². The van der Waals surface area contributed by atoms with Gasteiger partial charge in [0.15, 0.2) is 0 Å². The van der Waals surface area contributed by atoms with E-state index in [1.165, 1.54) is 18.2 Å². The van der Waals surface area contributed by atoms with Crippen molar-refractivity contribution in [3.63, 3.8) is 0 Å². The quantitative estimate of drug-likeness (QED) is 0.799. The summed E-state index contributed by atoms with van der Waals surface area (Å²) in [5.41, 5.74) is 0.526. The van der Waals surface area contributed by atoms with Crippen LogP contribution in [0.15, 0.2) is 24.3 Å². The molecule has 0 aliphatic rings. The van der Waals surface area contributed by atoms with E-state index in [2.05, 4.69) is 22.3 Å². The molecule has 124 valence electrons. The number of alkyl halides is 3. The van der Waals surface area contributed by atoms with Crippen molar-refractivity contribution in [2.75, 3.05) is 0 Å². The van der Waals surface area contributed by atoms with Gasteiger partial charge in [0.25, 0.3) is 0 Å². The number of benzene rings is 1. The largest absolute Gasteiger partial charge is 0.573 e. The first-order valence-electron chi connectivity index (χ1n) is 7.19. The average Bonchev–Trinajstić information content (AvgIpc) is 2.41. The maximum Gasteiger partial charge on any atom is 0.573 e. The lowest BCUT2D eigenvalue weighted by Crippen LogP contribution is -2.40. The summed E-state index contributed by atoms with van der Waals surface area (Å²) in [6.07, 6.45) is -1.76. The van der Waals surface area contributed by atoms with Crippen LogP contribution in [0.3, 0.4) is 0 Å². The van der Waals surface area contributed by atoms with Crippen molar-refractivity contribution in [1.82, 2.24) is 10.6 Å². The van der Waals surface area contributed by atoms with Crippen molar-refractivity contribution in [3.8, 4) is 5.75 Å². The highest BCUT2D eigenvalue weighted by Crippen LogP contribution is 2.23. The van der Waals surface area contributed by atoms with Crippen LogP contribution < -0.4 is 15.4 Å². The Labute approximate surface area is 128 Å². The molecule has 0 aliphatic heterocycles. The minimum absolute atomic E-state index is 0.0554. The Morgan fingerprint density at radius 3 is 2.73 bits per heavy atom. The average molecular weight is 318 g/mol. The van der Waals surface area contributed by atoms with Crippen LogP contribution in [0.1, 0.15) is 38.7 Å². The predicted octanol–water partition coefficient (Wildman–Crippen LogP) is 3.96. The normalized spacial score (nSPS) is 12.6. The van der Waals surface area contributed by atoms with Crippen LogP contribution in [-0.2, 0) is 6.54 Å². The third-order valence-electron chi connectivity index (χ3n) is 2.95. The summed E-state index contributed by atoms with van der Waals surface area (Å²) in [5.74, 6) is -0.302. The van der Waals surface area contributed by atoms with Crippen molar-refractivity contribution < 1.29 is 22.7 Å². The SMILES string of the molecule is CCCCC(C)NC(=O)NCc1cccc(OC(F)(F)F)c1. The Hall–Kier alpha value is -1.92. The minimum atomic E-state index is -4.72. The highest BCUT2D eigenvalue weighted by molar-refractivity contribution is 5.74. The van der Waals surface area contributed by atoms with Gasteiger partial charge >= 0.3 is 12.4 Å². The van der Waals surface area contributed by atoms with Crippen molar-refractivity contribution >= 4 is 6.03 Å². The number of amides is 2. The lowest BCUT2D eigenvalue weighted by Gasteiger charge is -2.14. The Kier molecular flexibility index (Phi) is 7.01. The number of carbonyl (C=O) groups is 1. The molecule has 0 saturated carbocycles. The monoisotopic (exact) mass is 318 g/mol. The topological polar surface area (TPSA) is 50.4 Å². The summed E-state index contributed by atoms with van der Waals surface area (Å²) in [4.78, 5) is 11.7. The van der Waals surface area contributed by atoms with Gasteiger partial charge in [-0.25, -0.2) is 4.79 Å². The molecule has 1 aromatic carbocycles. The van der Waals surface area contributed by atoms with Gasteiger partial charge in [0.1, 0.15) is 5.75 Å². The fraction of sp³-hybridized carbons (Fsp3) is 0.533. The molecule has 1 aromatic rings. The summed E-state index contributed by atoms with van der Waals surface area (Å²) in [6.45, 7) is 4.11. The van der Waals surface area contributed by atoms with Crippen molar-refractivity contribution in [1.29, 1.82) is 0 Å². The van der Waals surface area contributed by atoms with Gasteiger partial charge in [0, 0.05) is 12.6 Å². The number of hydrogen-bond acceptors (Lipinski definition) is 2. The molecule has 7 heteroatoms. The first-order chi connectivity index (χ1) is 10.3. The van der Waals surface area contributed by atoms with E-state index in [0.717, 1.165) is 19.3 Å². The Balaban J connectivity index is 2.44. The standard InChI is InChI=1S/C15H21F3N2O2/c1-3-4-6-11(2)20-14(21)19-10-12-7-5-8-13(9-12)22-15(16,17)18/h5,7-9,11H,3-4,6,10H2,1-2H3,(H2,19,20,21). The van der Waals surface area contributed by atoms with E-state index in [9.17, 15) is 18.0 Å². The maximum absolute atomic E-state index is 12.1. The zero-order chi connectivity index (χ0) is 16.6. The maximum atomic E-state index is 12.1. The Bertz CT molecular complexity index is 478. The van der Waals surface area contributed by atoms with Gasteiger partial charge in [-0.3, -0.25) is 0 Å². The summed E-state index contributed by atoms with van der Waals surface area (Å²) >= 11 is 0. The molecule has 0 aromatic heterocycles. The Morgan fingerprint density at radius 2 is 2.09 bits per heavy atom. The predicted molar refractivity (Wildman–Crippen MR) is 77.5 cm³/mol. The highest BCUT2D eigenvalue weighted by atomic mass is 19.4. The summed E-state index contributed by atoms with van der Waals surface area (Å²) in [6, 6.07) is 5.23. The molecule has 22 heavy (non-hydrogen) atoms. The molecule has 0 spiro atoms. The molecular formula is C15H21F3N2O2. The molecule has 0 bridgehead atoms. The molecule has 2 N–H and O–H groups in total. The minimum Gasteiger partial charge on any atom is -0.406 e. The number of carbonyl (C=O) groups excluding carboxylic acids is 1. The van der Waals surface area contributed by atoms with E-state index in [-0.39, 0.29) is 24.4 Å². The molecule has 2 amide bonds. The lowest BCUT2D eigenvalue weighted by atomic mass is 10.1. The van der Waals surface area contributed by atoms with E-state index in [4.69, 9.17) is 0 Å². The number of nitrogens with one attached hydrogen (secondary N) is 2. The van der Waals surface area contributed by atoms with Crippen LogP contribution in [0.2, 0.25) is 0 Å². The summed E-state index contributed by atoms with van der Waals surface area (Å²) in [5, 5.41) is 5.39. The van der Waals surface area contributed by atoms with Gasteiger partial charge in [-0.05, 0) is 31.0 Å².